The van der Waals surface area contributed by atoms with Crippen molar-refractivity contribution in [3.8, 4) is 0 Å². The molecule has 0 amide bonds. The van der Waals surface area contributed by atoms with Crippen LogP contribution in [-0.2, 0) is 47.4 Å². The second-order valence-electron chi connectivity index (χ2n) is 3.44. The zero-order valence-corrected chi connectivity index (χ0v) is 17.9. The average Bonchev–Trinajstić information content (AvgIpc) is 2.45. The van der Waals surface area contributed by atoms with Gasteiger partial charge in [0.25, 0.3) is 0 Å². The van der Waals surface area contributed by atoms with Crippen molar-refractivity contribution in [3.05, 3.63) is 0 Å². The van der Waals surface area contributed by atoms with Gasteiger partial charge in [0.15, 0.2) is 12.2 Å². The Kier molecular flexibility index (Phi) is 27.7. The molecule has 0 bridgehead atoms. The van der Waals surface area contributed by atoms with Crippen LogP contribution in [0.1, 0.15) is 13.3 Å². The molecule has 0 saturated carbocycles. The molecule has 0 fully saturated rings. The fourth-order valence-corrected chi connectivity index (χ4v) is 0.328. The van der Waals surface area contributed by atoms with Crippen LogP contribution >= 0.6 is 0 Å². The largest absolute Gasteiger partial charge is 0.479 e. The Labute approximate surface area is 145 Å². The van der Waals surface area contributed by atoms with Gasteiger partial charge in [0.2, 0.25) is 0 Å². The van der Waals surface area contributed by atoms with Gasteiger partial charge >= 0.3 is 48.6 Å². The summed E-state index contributed by atoms with van der Waals surface area (Å²) in [4.78, 5) is 19.5. The summed E-state index contributed by atoms with van der Waals surface area (Å²) in [6.07, 6.45) is -4.11. The van der Waals surface area contributed by atoms with Crippen molar-refractivity contribution in [1.29, 1.82) is 0 Å². The van der Waals surface area contributed by atoms with Crippen molar-refractivity contribution in [3.63, 3.8) is 0 Å². The van der Waals surface area contributed by atoms with Gasteiger partial charge in [0.05, 0.1) is 13.2 Å². The van der Waals surface area contributed by atoms with Gasteiger partial charge in [-0.1, -0.05) is 0 Å². The summed E-state index contributed by atoms with van der Waals surface area (Å²) < 4.78 is 0. The second kappa shape index (κ2) is 20.0. The van der Waals surface area contributed by atoms with Crippen LogP contribution in [0.4, 0.5) is 0 Å². The number of carboxylic acids is 2. The Bertz CT molecular complexity index is 229. The predicted molar refractivity (Wildman–Crippen MR) is 62.6 cm³/mol. The van der Waals surface area contributed by atoms with Gasteiger partial charge in [-0.3, -0.25) is 0 Å². The first-order valence-electron chi connectivity index (χ1n) is 5.70. The summed E-state index contributed by atoms with van der Waals surface area (Å²) in [6.45, 7) is 1.48. The molecule has 0 aromatic carbocycles. The van der Waals surface area contributed by atoms with Crippen LogP contribution in [0.2, 0.25) is 5.02 Å². The summed E-state index contributed by atoms with van der Waals surface area (Å²) in [7, 11) is 0. The van der Waals surface area contributed by atoms with Crippen molar-refractivity contribution >= 4 is 11.9 Å². The Hall–Kier alpha value is -0.0132. The third-order valence-corrected chi connectivity index (χ3v) is 3.06. The molecule has 0 spiro atoms. The molecule has 0 saturated heterocycles. The van der Waals surface area contributed by atoms with E-state index in [2.05, 4.69) is 6.92 Å². The zero-order chi connectivity index (χ0) is 16.7. The number of aliphatic hydroxyl groups is 5. The summed E-state index contributed by atoms with van der Waals surface area (Å²) >= 11 is 1.47. The van der Waals surface area contributed by atoms with E-state index in [-0.39, 0.29) is 32.7 Å². The van der Waals surface area contributed by atoms with E-state index < -0.39 is 30.3 Å². The van der Waals surface area contributed by atoms with Gasteiger partial charge in [-0.2, -0.15) is 0 Å². The molecule has 11 heteroatoms. The number of hydrogen-bond acceptors (Lipinski definition) is 7. The molecule has 0 radical (unpaired) electrons. The summed E-state index contributed by atoms with van der Waals surface area (Å²) in [6, 6.07) is 0. The van der Waals surface area contributed by atoms with Crippen LogP contribution in [0, 0.1) is 0 Å². The molecule has 0 heterocycles. The van der Waals surface area contributed by atoms with Crippen molar-refractivity contribution < 1.29 is 83.1 Å². The van der Waals surface area contributed by atoms with E-state index >= 15 is 0 Å². The first kappa shape index (κ1) is 29.1. The molecule has 2 atom stereocenters. The van der Waals surface area contributed by atoms with Gasteiger partial charge in [0.1, 0.15) is 6.10 Å². The van der Waals surface area contributed by atoms with E-state index in [0.29, 0.717) is 0 Å². The topological polar surface area (TPSA) is 176 Å². The van der Waals surface area contributed by atoms with E-state index in [1.54, 1.807) is 0 Å². The zero-order valence-electron chi connectivity index (χ0n) is 11.9. The van der Waals surface area contributed by atoms with E-state index in [1.165, 1.54) is 29.7 Å². The second-order valence-corrected chi connectivity index (χ2v) is 4.92. The molecule has 21 heavy (non-hydrogen) atoms. The number of carboxylic acid groups (broad SMARTS) is 2. The summed E-state index contributed by atoms with van der Waals surface area (Å²) in [5.41, 5.74) is 0. The van der Waals surface area contributed by atoms with Crippen molar-refractivity contribution in [2.24, 2.45) is 0 Å². The Morgan fingerprint density at radius 1 is 0.952 bits per heavy atom. The SMILES string of the molecule is CC[CH2][Zn].O=C(O)C(O)C(O)C(=O)O.OCC(O)CO.[Zn]. The monoisotopic (exact) mass is 413 g/mol. The van der Waals surface area contributed by atoms with E-state index in [4.69, 9.17) is 35.7 Å². The Balaban J connectivity index is -0.000000113. The van der Waals surface area contributed by atoms with Crippen LogP contribution in [0.5, 0.6) is 0 Å². The molecular weight excluding hydrogens is 395 g/mol. The normalized spacial score (nSPS) is 11.9. The maximum absolute atomic E-state index is 9.77. The number of aliphatic carboxylic acids is 2. The van der Waals surface area contributed by atoms with Crippen molar-refractivity contribution in [1.82, 2.24) is 0 Å². The number of aliphatic hydroxyl groups excluding tert-OH is 5. The van der Waals surface area contributed by atoms with Gasteiger partial charge in [-0.05, 0) is 0 Å². The van der Waals surface area contributed by atoms with Crippen LogP contribution in [0.25, 0.3) is 0 Å². The molecule has 9 nitrogen and oxygen atoms in total. The smallest absolute Gasteiger partial charge is 0.335 e. The van der Waals surface area contributed by atoms with Crippen LogP contribution in [0.15, 0.2) is 0 Å². The van der Waals surface area contributed by atoms with Gasteiger partial charge < -0.3 is 35.7 Å². The predicted octanol–water partition coefficient (Wildman–Crippen LogP) is -2.43. The fraction of sp³-hybridized carbons (Fsp3) is 0.800. The Morgan fingerprint density at radius 3 is 1.24 bits per heavy atom. The first-order chi connectivity index (χ1) is 9.19. The van der Waals surface area contributed by atoms with E-state index in [0.717, 1.165) is 0 Å². The minimum atomic E-state index is -2.27. The molecule has 2 unspecified atom stereocenters. The van der Waals surface area contributed by atoms with Gasteiger partial charge in [-0.25, -0.2) is 9.59 Å². The van der Waals surface area contributed by atoms with E-state index in [9.17, 15) is 9.59 Å². The average molecular weight is 416 g/mol. The van der Waals surface area contributed by atoms with Crippen molar-refractivity contribution in [2.75, 3.05) is 13.2 Å². The first-order valence-corrected chi connectivity index (χ1v) is 7.79. The molecule has 0 aliphatic heterocycles. The standard InChI is InChI=1S/C4H6O6.C3H8O3.C3H7.2Zn/c5-1(3(7)8)2(6)4(9)10;4-1-3(6)2-5;1-3-2;;/h1-2,5-6H,(H,7,8)(H,9,10);3-6H,1-2H2;1,3H2,2H3;;. The van der Waals surface area contributed by atoms with Gasteiger partial charge in [-0.15, -0.1) is 0 Å². The third-order valence-electron chi connectivity index (χ3n) is 1.58. The van der Waals surface area contributed by atoms with Gasteiger partial charge in [0, 0.05) is 19.5 Å². The fourth-order valence-electron chi connectivity index (χ4n) is 0.328. The molecule has 0 aliphatic carbocycles. The van der Waals surface area contributed by atoms with Crippen molar-refractivity contribution in [2.45, 2.75) is 36.7 Å². The number of carbonyl (C=O) groups is 2. The van der Waals surface area contributed by atoms with Crippen LogP contribution in [-0.4, -0.2) is 79.2 Å². The summed E-state index contributed by atoms with van der Waals surface area (Å²) in [5.74, 6) is -3.54. The maximum Gasteiger partial charge on any atom is 0.335 e. The molecule has 7 N–H and O–H groups in total. The van der Waals surface area contributed by atoms with E-state index in [1.807, 2.05) is 0 Å². The maximum atomic E-state index is 9.77. The molecule has 0 aromatic heterocycles. The molecule has 0 rings (SSSR count). The van der Waals surface area contributed by atoms with Crippen LogP contribution < -0.4 is 0 Å². The third kappa shape index (κ3) is 22.4. The number of hydrogen-bond donors (Lipinski definition) is 7. The Morgan fingerprint density at radius 2 is 1.19 bits per heavy atom. The summed E-state index contributed by atoms with van der Waals surface area (Å²) in [5, 5.41) is 58.0. The minimum absolute atomic E-state index is 0. The molecule has 119 valence electrons. The van der Waals surface area contributed by atoms with Crippen LogP contribution in [0.3, 0.4) is 0 Å². The molecule has 0 aliphatic rings. The molecule has 0 aromatic rings. The molecular formula is C10H21O9Zn2. The quantitative estimate of drug-likeness (QED) is 0.232. The number of rotatable bonds is 6. The minimum Gasteiger partial charge on any atom is -0.479 e.